The lowest BCUT2D eigenvalue weighted by Gasteiger charge is -2.01. The summed E-state index contributed by atoms with van der Waals surface area (Å²) in [6, 6.07) is 0. The van der Waals surface area contributed by atoms with E-state index in [-0.39, 0.29) is 11.9 Å². The van der Waals surface area contributed by atoms with Crippen molar-refractivity contribution in [1.82, 2.24) is 10.2 Å². The number of rotatable bonds is 4. The number of carbonyl (C=O) groups is 1. The molecular weight excluding hydrogens is 187 g/mol. The van der Waals surface area contributed by atoms with Gasteiger partial charge in [-0.05, 0) is 6.92 Å². The van der Waals surface area contributed by atoms with Crippen LogP contribution < -0.4 is 5.46 Å². The van der Waals surface area contributed by atoms with Gasteiger partial charge in [-0.15, -0.1) is 0 Å². The number of nitrogens with one attached hydrogen (secondary N) is 1. The Labute approximate surface area is 81.0 Å². The highest BCUT2D eigenvalue weighted by Crippen LogP contribution is 1.94. The van der Waals surface area contributed by atoms with Crippen LogP contribution in [0.4, 0.5) is 0 Å². The molecule has 3 N–H and O–H groups in total. The Morgan fingerprint density at radius 2 is 2.43 bits per heavy atom. The van der Waals surface area contributed by atoms with E-state index >= 15 is 0 Å². The molecule has 0 amide bonds. The van der Waals surface area contributed by atoms with E-state index < -0.39 is 13.1 Å². The van der Waals surface area contributed by atoms with Crippen molar-refractivity contribution in [3.63, 3.8) is 0 Å². The third kappa shape index (κ3) is 2.58. The first kappa shape index (κ1) is 10.7. The van der Waals surface area contributed by atoms with Gasteiger partial charge in [-0.25, -0.2) is 0 Å². The van der Waals surface area contributed by atoms with Gasteiger partial charge in [0.05, 0.1) is 18.7 Å². The lowest BCUT2D eigenvalue weighted by Crippen LogP contribution is -2.32. The molecule has 1 heterocycles. The van der Waals surface area contributed by atoms with Crippen molar-refractivity contribution >= 4 is 18.6 Å². The molecule has 1 aromatic rings. The van der Waals surface area contributed by atoms with E-state index in [0.29, 0.717) is 12.3 Å². The fraction of sp³-hybridized carbons (Fsp3) is 0.429. The average molecular weight is 198 g/mol. The van der Waals surface area contributed by atoms with Crippen molar-refractivity contribution in [2.75, 3.05) is 6.61 Å². The first-order valence-corrected chi connectivity index (χ1v) is 4.19. The molecule has 0 radical (unpaired) electrons. The molecule has 0 bridgehead atoms. The van der Waals surface area contributed by atoms with Gasteiger partial charge in [0.25, 0.3) is 0 Å². The van der Waals surface area contributed by atoms with Crippen molar-refractivity contribution in [3.05, 3.63) is 11.9 Å². The Bertz CT molecular complexity index is 312. The van der Waals surface area contributed by atoms with E-state index in [1.165, 1.54) is 6.20 Å². The van der Waals surface area contributed by atoms with Gasteiger partial charge in [-0.3, -0.25) is 9.89 Å². The quantitative estimate of drug-likeness (QED) is 0.391. The summed E-state index contributed by atoms with van der Waals surface area (Å²) in [5, 5.41) is 23.9. The normalized spacial score (nSPS) is 9.93. The third-order valence-electron chi connectivity index (χ3n) is 1.65. The van der Waals surface area contributed by atoms with Crippen LogP contribution in [0.5, 0.6) is 0 Å². The molecule has 14 heavy (non-hydrogen) atoms. The van der Waals surface area contributed by atoms with E-state index in [9.17, 15) is 4.79 Å². The van der Waals surface area contributed by atoms with Crippen molar-refractivity contribution in [1.29, 1.82) is 0 Å². The summed E-state index contributed by atoms with van der Waals surface area (Å²) < 4.78 is 4.69. The maximum atomic E-state index is 11.0. The highest BCUT2D eigenvalue weighted by Gasteiger charge is 2.20. The zero-order valence-corrected chi connectivity index (χ0v) is 7.73. The standard InChI is InChI=1S/C7H11BN2O4/c1-2-14-7(11)3-6-5(8(12)13)4-9-10-6/h4,12-13H,2-3H2,1H3,(H,9,10). The van der Waals surface area contributed by atoms with Crippen LogP contribution in [-0.2, 0) is 16.0 Å². The largest absolute Gasteiger partial charge is 0.491 e. The predicted octanol–water partition coefficient (Wildman–Crippen LogP) is -1.80. The van der Waals surface area contributed by atoms with Crippen molar-refractivity contribution in [2.45, 2.75) is 13.3 Å². The number of carbonyl (C=O) groups excluding carboxylic acids is 1. The molecule has 1 rings (SSSR count). The second-order valence-corrected chi connectivity index (χ2v) is 2.64. The summed E-state index contributed by atoms with van der Waals surface area (Å²) in [5.74, 6) is -0.443. The fourth-order valence-electron chi connectivity index (χ4n) is 1.04. The molecule has 1 aromatic heterocycles. The number of aromatic nitrogens is 2. The molecule has 0 aliphatic rings. The average Bonchev–Trinajstić information content (AvgIpc) is 2.52. The van der Waals surface area contributed by atoms with Crippen molar-refractivity contribution in [3.8, 4) is 0 Å². The molecule has 0 spiro atoms. The van der Waals surface area contributed by atoms with Crippen LogP contribution in [0, 0.1) is 0 Å². The molecule has 0 aliphatic carbocycles. The second kappa shape index (κ2) is 4.78. The molecule has 0 aromatic carbocycles. The number of H-pyrrole nitrogens is 1. The SMILES string of the molecule is CCOC(=O)Cc1n[nH]cc1B(O)O. The summed E-state index contributed by atoms with van der Waals surface area (Å²) in [6.45, 7) is 1.99. The third-order valence-corrected chi connectivity index (χ3v) is 1.65. The lowest BCUT2D eigenvalue weighted by molar-refractivity contribution is -0.142. The van der Waals surface area contributed by atoms with E-state index in [4.69, 9.17) is 14.8 Å². The summed E-state index contributed by atoms with van der Waals surface area (Å²) in [6.07, 6.45) is 1.27. The Morgan fingerprint density at radius 1 is 1.71 bits per heavy atom. The smallest absolute Gasteiger partial charge is 0.466 e. The van der Waals surface area contributed by atoms with E-state index in [1.807, 2.05) is 0 Å². The number of esters is 1. The van der Waals surface area contributed by atoms with Crippen LogP contribution in [0.3, 0.4) is 0 Å². The molecule has 0 saturated heterocycles. The number of nitrogens with zero attached hydrogens (tertiary/aromatic N) is 1. The van der Waals surface area contributed by atoms with Gasteiger partial charge in [0.15, 0.2) is 0 Å². The highest BCUT2D eigenvalue weighted by atomic mass is 16.5. The maximum absolute atomic E-state index is 11.0. The monoisotopic (exact) mass is 198 g/mol. The molecule has 0 saturated carbocycles. The first-order chi connectivity index (χ1) is 6.65. The Balaban J connectivity index is 2.66. The number of hydrogen-bond acceptors (Lipinski definition) is 5. The predicted molar refractivity (Wildman–Crippen MR) is 48.8 cm³/mol. The Morgan fingerprint density at radius 3 is 3.00 bits per heavy atom. The van der Waals surface area contributed by atoms with Crippen LogP contribution in [0.15, 0.2) is 6.20 Å². The molecule has 0 fully saturated rings. The minimum Gasteiger partial charge on any atom is -0.466 e. The van der Waals surface area contributed by atoms with Gasteiger partial charge in [0.2, 0.25) is 0 Å². The van der Waals surface area contributed by atoms with Gasteiger partial charge < -0.3 is 14.8 Å². The van der Waals surface area contributed by atoms with Gasteiger partial charge in [0.1, 0.15) is 0 Å². The maximum Gasteiger partial charge on any atom is 0.491 e. The van der Waals surface area contributed by atoms with E-state index in [0.717, 1.165) is 0 Å². The molecule has 76 valence electrons. The van der Waals surface area contributed by atoms with Crippen LogP contribution in [0.1, 0.15) is 12.6 Å². The van der Waals surface area contributed by atoms with Crippen molar-refractivity contribution < 1.29 is 19.6 Å². The lowest BCUT2D eigenvalue weighted by atomic mass is 9.80. The second-order valence-electron chi connectivity index (χ2n) is 2.64. The number of hydrogen-bond donors (Lipinski definition) is 3. The minimum absolute atomic E-state index is 0.0652. The zero-order valence-electron chi connectivity index (χ0n) is 7.73. The van der Waals surface area contributed by atoms with Crippen LogP contribution in [0.25, 0.3) is 0 Å². The van der Waals surface area contributed by atoms with E-state index in [1.54, 1.807) is 6.92 Å². The van der Waals surface area contributed by atoms with Gasteiger partial charge in [-0.2, -0.15) is 5.10 Å². The van der Waals surface area contributed by atoms with Crippen LogP contribution in [0.2, 0.25) is 0 Å². The molecule has 6 nitrogen and oxygen atoms in total. The van der Waals surface area contributed by atoms with Gasteiger partial charge in [-0.1, -0.05) is 0 Å². The molecular formula is C7H11BN2O4. The molecule has 0 unspecified atom stereocenters. The zero-order chi connectivity index (χ0) is 10.6. The number of ether oxygens (including phenoxy) is 1. The first-order valence-electron chi connectivity index (χ1n) is 4.19. The number of aromatic amines is 1. The summed E-state index contributed by atoms with van der Waals surface area (Å²) in [7, 11) is -1.63. The van der Waals surface area contributed by atoms with Crippen molar-refractivity contribution in [2.24, 2.45) is 0 Å². The Kier molecular flexibility index (Phi) is 3.67. The molecule has 0 atom stereocenters. The molecule has 0 aliphatic heterocycles. The van der Waals surface area contributed by atoms with Crippen LogP contribution in [-0.4, -0.2) is 39.9 Å². The fourth-order valence-corrected chi connectivity index (χ4v) is 1.04. The summed E-state index contributed by atoms with van der Waals surface area (Å²) in [4.78, 5) is 11.0. The Hall–Kier alpha value is -1.34. The minimum atomic E-state index is -1.63. The topological polar surface area (TPSA) is 95.4 Å². The van der Waals surface area contributed by atoms with Gasteiger partial charge in [0, 0.05) is 11.7 Å². The van der Waals surface area contributed by atoms with Crippen LogP contribution >= 0.6 is 0 Å². The summed E-state index contributed by atoms with van der Waals surface area (Å²) >= 11 is 0. The summed E-state index contributed by atoms with van der Waals surface area (Å²) in [5.41, 5.74) is 0.483. The van der Waals surface area contributed by atoms with E-state index in [2.05, 4.69) is 10.2 Å². The highest BCUT2D eigenvalue weighted by molar-refractivity contribution is 6.59. The molecule has 7 heteroatoms. The van der Waals surface area contributed by atoms with Gasteiger partial charge >= 0.3 is 13.1 Å².